The number of aliphatic carboxylic acids is 1. The van der Waals surface area contributed by atoms with Crippen molar-refractivity contribution in [1.82, 2.24) is 4.90 Å². The van der Waals surface area contributed by atoms with Gasteiger partial charge in [-0.25, -0.2) is 4.79 Å². The van der Waals surface area contributed by atoms with Crippen LogP contribution in [0.25, 0.3) is 0 Å². The van der Waals surface area contributed by atoms with Gasteiger partial charge in [-0.05, 0) is 37.2 Å². The topological polar surface area (TPSA) is 66.8 Å². The van der Waals surface area contributed by atoms with Crippen molar-refractivity contribution in [3.8, 4) is 0 Å². The molecule has 3 rings (SSSR count). The molecule has 0 spiro atoms. The molecule has 118 valence electrons. The minimum absolute atomic E-state index is 0.0260. The molecule has 1 aromatic carbocycles. The van der Waals surface area contributed by atoms with Crippen LogP contribution in [-0.4, -0.2) is 34.7 Å². The summed E-state index contributed by atoms with van der Waals surface area (Å²) in [6, 6.07) is 9.60. The Morgan fingerprint density at radius 2 is 1.95 bits per heavy atom. The van der Waals surface area contributed by atoms with Crippen LogP contribution in [0, 0.1) is 11.8 Å². The molecule has 3 atom stereocenters. The van der Waals surface area contributed by atoms with E-state index in [4.69, 9.17) is 4.74 Å². The first-order valence-electron chi connectivity index (χ1n) is 7.85. The Morgan fingerprint density at radius 1 is 1.18 bits per heavy atom. The van der Waals surface area contributed by atoms with Crippen molar-refractivity contribution in [1.29, 1.82) is 0 Å². The number of benzene rings is 1. The van der Waals surface area contributed by atoms with Gasteiger partial charge in [0.05, 0.1) is 5.92 Å². The Hall–Kier alpha value is -2.04. The molecule has 1 aromatic rings. The number of rotatable bonds is 3. The van der Waals surface area contributed by atoms with E-state index in [1.807, 2.05) is 30.3 Å². The lowest BCUT2D eigenvalue weighted by Gasteiger charge is -2.34. The van der Waals surface area contributed by atoms with Crippen LogP contribution in [0.1, 0.15) is 31.2 Å². The fourth-order valence-electron chi connectivity index (χ4n) is 3.65. The standard InChI is InChI=1S/C17H21NO4/c19-16(20)14-7-6-13-8-9-18(15(13)10-14)17(21)22-11-12-4-2-1-3-5-12/h1-5,13-15H,6-11H2,(H,19,20)/t13-,14+,15-/m0/s1. The summed E-state index contributed by atoms with van der Waals surface area (Å²) >= 11 is 0. The van der Waals surface area contributed by atoms with E-state index in [0.717, 1.165) is 24.8 Å². The average molecular weight is 303 g/mol. The van der Waals surface area contributed by atoms with Crippen molar-refractivity contribution in [3.63, 3.8) is 0 Å². The highest BCUT2D eigenvalue weighted by Crippen LogP contribution is 2.39. The van der Waals surface area contributed by atoms with Gasteiger partial charge < -0.3 is 14.7 Å². The van der Waals surface area contributed by atoms with Crippen LogP contribution in [0.5, 0.6) is 0 Å². The largest absolute Gasteiger partial charge is 0.481 e. The van der Waals surface area contributed by atoms with Crippen LogP contribution >= 0.6 is 0 Å². The number of carbonyl (C=O) groups excluding carboxylic acids is 1. The number of ether oxygens (including phenoxy) is 1. The molecule has 0 radical (unpaired) electrons. The molecule has 1 heterocycles. The van der Waals surface area contributed by atoms with Crippen LogP contribution in [0.3, 0.4) is 0 Å². The van der Waals surface area contributed by atoms with Crippen LogP contribution in [0.2, 0.25) is 0 Å². The zero-order valence-electron chi connectivity index (χ0n) is 12.5. The molecule has 0 aromatic heterocycles. The third-order valence-corrected chi connectivity index (χ3v) is 4.89. The number of carboxylic acids is 1. The zero-order valence-corrected chi connectivity index (χ0v) is 12.5. The van der Waals surface area contributed by atoms with Crippen LogP contribution < -0.4 is 0 Å². The summed E-state index contributed by atoms with van der Waals surface area (Å²) in [5.41, 5.74) is 0.957. The highest BCUT2D eigenvalue weighted by atomic mass is 16.6. The van der Waals surface area contributed by atoms with E-state index in [-0.39, 0.29) is 24.7 Å². The summed E-state index contributed by atoms with van der Waals surface area (Å²) in [4.78, 5) is 25.2. The lowest BCUT2D eigenvalue weighted by atomic mass is 9.79. The number of carbonyl (C=O) groups is 2. The van der Waals surface area contributed by atoms with Gasteiger partial charge in [0.2, 0.25) is 0 Å². The van der Waals surface area contributed by atoms with Gasteiger partial charge in [-0.1, -0.05) is 30.3 Å². The SMILES string of the molecule is O=C(O)[C@@H]1CC[C@H]2CCN(C(=O)OCc3ccccc3)[C@H]2C1. The van der Waals surface area contributed by atoms with E-state index in [1.165, 1.54) is 0 Å². The molecule has 1 aliphatic heterocycles. The van der Waals surface area contributed by atoms with Gasteiger partial charge >= 0.3 is 12.1 Å². The molecule has 0 bridgehead atoms. The van der Waals surface area contributed by atoms with E-state index in [0.29, 0.717) is 18.9 Å². The van der Waals surface area contributed by atoms with E-state index in [9.17, 15) is 14.7 Å². The Labute approximate surface area is 129 Å². The van der Waals surface area contributed by atoms with Crippen molar-refractivity contribution in [2.45, 2.75) is 38.3 Å². The molecule has 0 unspecified atom stereocenters. The third kappa shape index (κ3) is 3.08. The predicted molar refractivity (Wildman–Crippen MR) is 80.2 cm³/mol. The predicted octanol–water partition coefficient (Wildman–Crippen LogP) is 2.90. The lowest BCUT2D eigenvalue weighted by molar-refractivity contribution is -0.143. The first kappa shape index (κ1) is 14.9. The molecule has 22 heavy (non-hydrogen) atoms. The molecule has 2 fully saturated rings. The second kappa shape index (κ2) is 6.38. The van der Waals surface area contributed by atoms with E-state index in [1.54, 1.807) is 4.90 Å². The number of amides is 1. The summed E-state index contributed by atoms with van der Waals surface area (Å²) in [6.07, 6.45) is 2.81. The number of likely N-dealkylation sites (tertiary alicyclic amines) is 1. The Morgan fingerprint density at radius 3 is 2.68 bits per heavy atom. The molecule has 2 aliphatic rings. The van der Waals surface area contributed by atoms with Crippen molar-refractivity contribution >= 4 is 12.1 Å². The van der Waals surface area contributed by atoms with Gasteiger partial charge in [0.15, 0.2) is 0 Å². The molecule has 5 heteroatoms. The highest BCUT2D eigenvalue weighted by Gasteiger charge is 2.43. The van der Waals surface area contributed by atoms with Crippen molar-refractivity contribution in [2.24, 2.45) is 11.8 Å². The second-order valence-corrected chi connectivity index (χ2v) is 6.20. The van der Waals surface area contributed by atoms with Gasteiger partial charge in [-0.2, -0.15) is 0 Å². The summed E-state index contributed by atoms with van der Waals surface area (Å²) in [7, 11) is 0. The fourth-order valence-corrected chi connectivity index (χ4v) is 3.65. The summed E-state index contributed by atoms with van der Waals surface area (Å²) < 4.78 is 5.40. The Bertz CT molecular complexity index is 545. The smallest absolute Gasteiger partial charge is 0.410 e. The molecule has 5 nitrogen and oxygen atoms in total. The monoisotopic (exact) mass is 303 g/mol. The molecular formula is C17H21NO4. The Kier molecular flexibility index (Phi) is 4.32. The van der Waals surface area contributed by atoms with Gasteiger partial charge in [0, 0.05) is 12.6 Å². The minimum Gasteiger partial charge on any atom is -0.481 e. The molecule has 1 saturated heterocycles. The fraction of sp³-hybridized carbons (Fsp3) is 0.529. The first-order chi connectivity index (χ1) is 10.6. The van der Waals surface area contributed by atoms with E-state index >= 15 is 0 Å². The van der Waals surface area contributed by atoms with Gasteiger partial charge in [0.1, 0.15) is 6.61 Å². The van der Waals surface area contributed by atoms with Gasteiger partial charge in [-0.3, -0.25) is 4.79 Å². The lowest BCUT2D eigenvalue weighted by Crippen LogP contribution is -2.42. The van der Waals surface area contributed by atoms with Crippen LogP contribution in [-0.2, 0) is 16.1 Å². The van der Waals surface area contributed by atoms with Crippen molar-refractivity contribution in [2.75, 3.05) is 6.54 Å². The zero-order chi connectivity index (χ0) is 15.5. The van der Waals surface area contributed by atoms with E-state index in [2.05, 4.69) is 0 Å². The third-order valence-electron chi connectivity index (χ3n) is 4.89. The number of fused-ring (bicyclic) bond motifs is 1. The molecular weight excluding hydrogens is 282 g/mol. The molecule has 1 N–H and O–H groups in total. The molecule has 1 saturated carbocycles. The summed E-state index contributed by atoms with van der Waals surface area (Å²) in [5, 5.41) is 9.20. The van der Waals surface area contributed by atoms with Gasteiger partial charge in [-0.15, -0.1) is 0 Å². The average Bonchev–Trinajstić information content (AvgIpc) is 2.96. The number of nitrogens with zero attached hydrogens (tertiary/aromatic N) is 1. The van der Waals surface area contributed by atoms with Crippen molar-refractivity contribution < 1.29 is 19.4 Å². The maximum absolute atomic E-state index is 12.3. The first-order valence-corrected chi connectivity index (χ1v) is 7.85. The second-order valence-electron chi connectivity index (χ2n) is 6.20. The van der Waals surface area contributed by atoms with Gasteiger partial charge in [0.25, 0.3) is 0 Å². The number of carboxylic acid groups (broad SMARTS) is 1. The molecule has 1 amide bonds. The van der Waals surface area contributed by atoms with Crippen LogP contribution in [0.4, 0.5) is 4.79 Å². The quantitative estimate of drug-likeness (QED) is 0.932. The highest BCUT2D eigenvalue weighted by molar-refractivity contribution is 5.71. The van der Waals surface area contributed by atoms with Crippen molar-refractivity contribution in [3.05, 3.63) is 35.9 Å². The van der Waals surface area contributed by atoms with E-state index < -0.39 is 5.97 Å². The van der Waals surface area contributed by atoms with Crippen LogP contribution in [0.15, 0.2) is 30.3 Å². The minimum atomic E-state index is -0.747. The Balaban J connectivity index is 1.59. The maximum Gasteiger partial charge on any atom is 0.410 e. The maximum atomic E-state index is 12.3. The number of hydrogen-bond acceptors (Lipinski definition) is 3. The molecule has 1 aliphatic carbocycles. The summed E-state index contributed by atoms with van der Waals surface area (Å²) in [5.74, 6) is -0.647. The summed E-state index contributed by atoms with van der Waals surface area (Å²) in [6.45, 7) is 0.936. The number of hydrogen-bond donors (Lipinski definition) is 1. The normalized spacial score (nSPS) is 27.3.